The second kappa shape index (κ2) is 5.53. The van der Waals surface area contributed by atoms with Gasteiger partial charge in [0.1, 0.15) is 0 Å². The smallest absolute Gasteiger partial charge is 0.0385 e. The zero-order valence-electron chi connectivity index (χ0n) is 9.86. The Kier molecular flexibility index (Phi) is 4.04. The van der Waals surface area contributed by atoms with Gasteiger partial charge in [-0.3, -0.25) is 0 Å². The van der Waals surface area contributed by atoms with Gasteiger partial charge in [-0.25, -0.2) is 0 Å². The molecule has 2 heterocycles. The Labute approximate surface area is 96.8 Å². The van der Waals surface area contributed by atoms with Crippen LogP contribution < -0.4 is 5.32 Å². The average molecular weight is 223 g/mol. The van der Waals surface area contributed by atoms with Gasteiger partial charge in [0, 0.05) is 18.0 Å². The van der Waals surface area contributed by atoms with E-state index in [-0.39, 0.29) is 0 Å². The second-order valence-corrected chi connectivity index (χ2v) is 5.05. The summed E-state index contributed by atoms with van der Waals surface area (Å²) < 4.78 is 0. The van der Waals surface area contributed by atoms with Crippen molar-refractivity contribution in [1.29, 1.82) is 0 Å². The third kappa shape index (κ3) is 2.88. The fraction of sp³-hybridized carbons (Fsp3) is 1.00. The van der Waals surface area contributed by atoms with Crippen molar-refractivity contribution in [2.45, 2.75) is 25.7 Å². The van der Waals surface area contributed by atoms with E-state index in [2.05, 4.69) is 20.2 Å². The van der Waals surface area contributed by atoms with Crippen LogP contribution in [0.4, 0.5) is 0 Å². The van der Waals surface area contributed by atoms with Gasteiger partial charge in [0.2, 0.25) is 0 Å². The summed E-state index contributed by atoms with van der Waals surface area (Å²) in [6.07, 6.45) is 5.34. The van der Waals surface area contributed by atoms with Gasteiger partial charge in [0.05, 0.1) is 0 Å². The molecule has 2 aliphatic rings. The number of nitrogens with one attached hydrogen (secondary N) is 1. The lowest BCUT2D eigenvalue weighted by Gasteiger charge is -2.44. The molecule has 2 aliphatic heterocycles. The van der Waals surface area contributed by atoms with Crippen molar-refractivity contribution in [3.63, 3.8) is 0 Å². The molecule has 2 rings (SSSR count). The van der Waals surface area contributed by atoms with Crippen LogP contribution in [0, 0.1) is 5.41 Å². The van der Waals surface area contributed by atoms with E-state index in [1.807, 2.05) is 0 Å². The third-order valence-electron chi connectivity index (χ3n) is 4.16. The fourth-order valence-electron chi connectivity index (χ4n) is 2.94. The largest absolute Gasteiger partial charge is 0.317 e. The van der Waals surface area contributed by atoms with E-state index in [1.54, 1.807) is 0 Å². The number of rotatable bonds is 3. The first-order valence-electron chi connectivity index (χ1n) is 6.29. The molecule has 0 aliphatic carbocycles. The molecule has 0 bridgehead atoms. The highest BCUT2D eigenvalue weighted by Crippen LogP contribution is 2.39. The molecule has 16 heavy (non-hydrogen) atoms. The second-order valence-electron chi connectivity index (χ2n) is 5.05. The Morgan fingerprint density at radius 2 is 1.88 bits per heavy atom. The summed E-state index contributed by atoms with van der Waals surface area (Å²) in [6, 6.07) is 0. The van der Waals surface area contributed by atoms with Crippen LogP contribution in [-0.2, 0) is 0 Å². The lowest BCUT2D eigenvalue weighted by Crippen LogP contribution is -2.46. The first-order chi connectivity index (χ1) is 7.85. The van der Waals surface area contributed by atoms with Crippen LogP contribution in [0.1, 0.15) is 25.7 Å². The number of hydrogen-bond donors (Lipinski definition) is 1. The molecule has 0 radical (unpaired) electrons. The van der Waals surface area contributed by atoms with Gasteiger partial charge in [0.15, 0.2) is 0 Å². The average Bonchev–Trinajstić information content (AvgIpc) is 2.33. The normalized spacial score (nSPS) is 25.2. The summed E-state index contributed by atoms with van der Waals surface area (Å²) in [5, 5.41) is 7.04. The molecule has 0 aromatic carbocycles. The van der Waals surface area contributed by atoms with E-state index in [1.165, 1.54) is 51.9 Å². The predicted octanol–water partition coefficient (Wildman–Crippen LogP) is 1.76. The van der Waals surface area contributed by atoms with Crippen molar-refractivity contribution in [2.75, 3.05) is 39.3 Å². The molecular formula is C11H21N5. The summed E-state index contributed by atoms with van der Waals surface area (Å²) in [4.78, 5) is 5.23. The lowest BCUT2D eigenvalue weighted by molar-refractivity contribution is 0.0757. The summed E-state index contributed by atoms with van der Waals surface area (Å²) in [6.45, 7) is 6.29. The van der Waals surface area contributed by atoms with Crippen LogP contribution in [0.2, 0.25) is 0 Å². The zero-order chi connectivity index (χ0) is 11.3. The summed E-state index contributed by atoms with van der Waals surface area (Å²) >= 11 is 0. The summed E-state index contributed by atoms with van der Waals surface area (Å²) in [5.41, 5.74) is 8.85. The molecule has 0 saturated carbocycles. The minimum Gasteiger partial charge on any atom is -0.317 e. The van der Waals surface area contributed by atoms with Crippen LogP contribution >= 0.6 is 0 Å². The molecule has 1 N–H and O–H groups in total. The minimum absolute atomic E-state index is 0.616. The van der Waals surface area contributed by atoms with Gasteiger partial charge in [0.25, 0.3) is 0 Å². The van der Waals surface area contributed by atoms with Gasteiger partial charge in [-0.05, 0) is 62.8 Å². The molecule has 90 valence electrons. The third-order valence-corrected chi connectivity index (χ3v) is 4.16. The van der Waals surface area contributed by atoms with Crippen molar-refractivity contribution < 1.29 is 0 Å². The molecule has 0 aromatic heterocycles. The standard InChI is InChI=1S/C11H21N5/c12-15-14-7-10-16-8-3-11(4-9-16)1-5-13-6-2-11/h13H,1-10H2. The highest BCUT2D eigenvalue weighted by molar-refractivity contribution is 4.89. The van der Waals surface area contributed by atoms with Gasteiger partial charge in [-0.2, -0.15) is 0 Å². The maximum absolute atomic E-state index is 8.23. The van der Waals surface area contributed by atoms with Gasteiger partial charge in [-0.15, -0.1) is 0 Å². The van der Waals surface area contributed by atoms with Crippen LogP contribution in [-0.4, -0.2) is 44.2 Å². The molecule has 0 aromatic rings. The Hall–Kier alpha value is -0.770. The maximum atomic E-state index is 8.23. The first-order valence-corrected chi connectivity index (χ1v) is 6.29. The van der Waals surface area contributed by atoms with E-state index in [4.69, 9.17) is 5.53 Å². The molecule has 2 fully saturated rings. The SMILES string of the molecule is [N-]=[N+]=NCCN1CCC2(CCNCC2)CC1. The predicted molar refractivity (Wildman–Crippen MR) is 64.2 cm³/mol. The Morgan fingerprint density at radius 3 is 2.50 bits per heavy atom. The Bertz CT molecular complexity index is 256. The van der Waals surface area contributed by atoms with E-state index >= 15 is 0 Å². The Morgan fingerprint density at radius 1 is 1.19 bits per heavy atom. The van der Waals surface area contributed by atoms with Gasteiger partial charge in [-0.1, -0.05) is 5.11 Å². The minimum atomic E-state index is 0.616. The van der Waals surface area contributed by atoms with Crippen molar-refractivity contribution >= 4 is 0 Å². The molecule has 0 atom stereocenters. The molecule has 2 saturated heterocycles. The van der Waals surface area contributed by atoms with E-state index in [9.17, 15) is 0 Å². The summed E-state index contributed by atoms with van der Waals surface area (Å²) in [5.74, 6) is 0. The number of azide groups is 1. The van der Waals surface area contributed by atoms with E-state index in [0.717, 1.165) is 6.54 Å². The maximum Gasteiger partial charge on any atom is 0.0385 e. The Balaban J connectivity index is 1.75. The zero-order valence-corrected chi connectivity index (χ0v) is 9.86. The van der Waals surface area contributed by atoms with Crippen LogP contribution in [0.3, 0.4) is 0 Å². The number of piperidine rings is 2. The molecule has 5 nitrogen and oxygen atoms in total. The molecular weight excluding hydrogens is 202 g/mol. The molecule has 0 amide bonds. The number of nitrogens with zero attached hydrogens (tertiary/aromatic N) is 4. The summed E-state index contributed by atoms with van der Waals surface area (Å²) in [7, 11) is 0. The van der Waals surface area contributed by atoms with Gasteiger partial charge < -0.3 is 10.2 Å². The van der Waals surface area contributed by atoms with Crippen LogP contribution in [0.5, 0.6) is 0 Å². The first kappa shape index (κ1) is 11.7. The van der Waals surface area contributed by atoms with Crippen molar-refractivity contribution in [3.8, 4) is 0 Å². The molecule has 1 spiro atoms. The van der Waals surface area contributed by atoms with Crippen molar-refractivity contribution in [1.82, 2.24) is 10.2 Å². The quantitative estimate of drug-likeness (QED) is 0.450. The van der Waals surface area contributed by atoms with Crippen molar-refractivity contribution in [2.24, 2.45) is 10.5 Å². The molecule has 5 heteroatoms. The van der Waals surface area contributed by atoms with Crippen LogP contribution in [0.15, 0.2) is 5.11 Å². The van der Waals surface area contributed by atoms with Gasteiger partial charge >= 0.3 is 0 Å². The van der Waals surface area contributed by atoms with Crippen LogP contribution in [0.25, 0.3) is 10.4 Å². The number of hydrogen-bond acceptors (Lipinski definition) is 3. The lowest BCUT2D eigenvalue weighted by atomic mass is 9.71. The number of likely N-dealkylation sites (tertiary alicyclic amines) is 1. The highest BCUT2D eigenvalue weighted by atomic mass is 15.2. The van der Waals surface area contributed by atoms with E-state index in [0.29, 0.717) is 12.0 Å². The monoisotopic (exact) mass is 223 g/mol. The molecule has 0 unspecified atom stereocenters. The van der Waals surface area contributed by atoms with Crippen molar-refractivity contribution in [3.05, 3.63) is 10.4 Å². The topological polar surface area (TPSA) is 64.0 Å². The highest BCUT2D eigenvalue weighted by Gasteiger charge is 2.35. The fourth-order valence-corrected chi connectivity index (χ4v) is 2.94. The van der Waals surface area contributed by atoms with E-state index < -0.39 is 0 Å².